The molecule has 0 bridgehead atoms. The highest BCUT2D eigenvalue weighted by Gasteiger charge is 2.10. The van der Waals surface area contributed by atoms with E-state index in [1.165, 1.54) is 0 Å². The van der Waals surface area contributed by atoms with Gasteiger partial charge in [-0.25, -0.2) is 0 Å². The van der Waals surface area contributed by atoms with Gasteiger partial charge in [-0.1, -0.05) is 30.7 Å². The summed E-state index contributed by atoms with van der Waals surface area (Å²) in [7, 11) is 0. The van der Waals surface area contributed by atoms with Crippen LogP contribution in [-0.4, -0.2) is 16.7 Å². The molecule has 0 aliphatic rings. The summed E-state index contributed by atoms with van der Waals surface area (Å²) in [6.45, 7) is 2.99. The molecular formula is C15H14ClN3O. The van der Waals surface area contributed by atoms with Gasteiger partial charge in [0.2, 0.25) is 0 Å². The Morgan fingerprint density at radius 1 is 1.20 bits per heavy atom. The molecule has 0 unspecified atom stereocenters. The largest absolute Gasteiger partial charge is 0.453 e. The van der Waals surface area contributed by atoms with Gasteiger partial charge in [-0.15, -0.1) is 10.2 Å². The first kappa shape index (κ1) is 12.9. The van der Waals surface area contributed by atoms with E-state index in [9.17, 15) is 0 Å². The Labute approximate surface area is 121 Å². The van der Waals surface area contributed by atoms with Gasteiger partial charge in [0, 0.05) is 11.9 Å². The summed E-state index contributed by atoms with van der Waals surface area (Å²) in [5.74, 6) is 1.44. The van der Waals surface area contributed by atoms with Crippen molar-refractivity contribution in [1.29, 1.82) is 0 Å². The van der Waals surface area contributed by atoms with Crippen molar-refractivity contribution in [2.45, 2.75) is 13.3 Å². The second-order valence-corrected chi connectivity index (χ2v) is 4.91. The zero-order chi connectivity index (χ0) is 13.9. The summed E-state index contributed by atoms with van der Waals surface area (Å²) in [5.41, 5.74) is 1.37. The van der Waals surface area contributed by atoms with Gasteiger partial charge in [-0.3, -0.25) is 0 Å². The van der Waals surface area contributed by atoms with Crippen molar-refractivity contribution in [2.24, 2.45) is 0 Å². The lowest BCUT2D eigenvalue weighted by Gasteiger charge is -2.02. The number of hydrogen-bond acceptors (Lipinski definition) is 4. The van der Waals surface area contributed by atoms with E-state index in [0.717, 1.165) is 24.2 Å². The zero-order valence-corrected chi connectivity index (χ0v) is 11.8. The maximum atomic E-state index is 6.10. The molecule has 0 radical (unpaired) electrons. The van der Waals surface area contributed by atoms with Crippen molar-refractivity contribution in [3.63, 3.8) is 0 Å². The minimum Gasteiger partial charge on any atom is -0.453 e. The Kier molecular flexibility index (Phi) is 3.56. The molecular weight excluding hydrogens is 274 g/mol. The number of furan rings is 1. The molecule has 1 N–H and O–H groups in total. The predicted octanol–water partition coefficient (Wildman–Crippen LogP) is 4.37. The highest BCUT2D eigenvalue weighted by atomic mass is 35.5. The van der Waals surface area contributed by atoms with Crippen LogP contribution in [0.3, 0.4) is 0 Å². The molecule has 4 nitrogen and oxygen atoms in total. The molecule has 0 fully saturated rings. The molecule has 0 saturated heterocycles. The van der Waals surface area contributed by atoms with Crippen LogP contribution in [0.1, 0.15) is 13.3 Å². The van der Waals surface area contributed by atoms with E-state index in [4.69, 9.17) is 16.0 Å². The molecule has 0 aliphatic heterocycles. The van der Waals surface area contributed by atoms with Gasteiger partial charge in [-0.05, 0) is 30.7 Å². The molecule has 2 heterocycles. The Balaban J connectivity index is 1.92. The maximum absolute atomic E-state index is 6.10. The highest BCUT2D eigenvalue weighted by molar-refractivity contribution is 6.34. The first-order valence-electron chi connectivity index (χ1n) is 6.54. The third-order valence-corrected chi connectivity index (χ3v) is 3.27. The van der Waals surface area contributed by atoms with Gasteiger partial charge in [0.15, 0.2) is 11.3 Å². The number of para-hydroxylation sites is 1. The van der Waals surface area contributed by atoms with Gasteiger partial charge in [-0.2, -0.15) is 0 Å². The quantitative estimate of drug-likeness (QED) is 0.774. The Bertz CT molecular complexity index is 722. The number of aromatic nitrogens is 2. The van der Waals surface area contributed by atoms with E-state index in [1.807, 2.05) is 30.3 Å². The third-order valence-electron chi connectivity index (χ3n) is 2.97. The average Bonchev–Trinajstić information content (AvgIpc) is 2.91. The Hall–Kier alpha value is -2.07. The van der Waals surface area contributed by atoms with Gasteiger partial charge in [0.1, 0.15) is 11.5 Å². The fourth-order valence-electron chi connectivity index (χ4n) is 1.96. The molecule has 3 rings (SSSR count). The second-order valence-electron chi connectivity index (χ2n) is 4.50. The summed E-state index contributed by atoms with van der Waals surface area (Å²) in [6.07, 6.45) is 1.05. The SMILES string of the molecule is CCCNc1ccc(-c2cc3cccc(Cl)c3o2)nn1. The first-order chi connectivity index (χ1) is 9.78. The standard InChI is InChI=1S/C15H14ClN3O/c1-2-8-17-14-7-6-12(18-19-14)13-9-10-4-3-5-11(16)15(10)20-13/h3-7,9H,2,8H2,1H3,(H,17,19). The lowest BCUT2D eigenvalue weighted by molar-refractivity contribution is 0.627. The number of hydrogen-bond donors (Lipinski definition) is 1. The summed E-state index contributed by atoms with van der Waals surface area (Å²) >= 11 is 6.10. The number of benzene rings is 1. The lowest BCUT2D eigenvalue weighted by atomic mass is 10.2. The topological polar surface area (TPSA) is 51.0 Å². The Morgan fingerprint density at radius 3 is 2.80 bits per heavy atom. The molecule has 5 heteroatoms. The minimum atomic E-state index is 0.600. The molecule has 0 atom stereocenters. The van der Waals surface area contributed by atoms with Gasteiger partial charge >= 0.3 is 0 Å². The van der Waals surface area contributed by atoms with Crippen LogP contribution in [0, 0.1) is 0 Å². The van der Waals surface area contributed by atoms with Gasteiger partial charge in [0.05, 0.1) is 5.02 Å². The lowest BCUT2D eigenvalue weighted by Crippen LogP contribution is -2.02. The molecule has 0 amide bonds. The van der Waals surface area contributed by atoms with Crippen LogP contribution in [0.5, 0.6) is 0 Å². The number of fused-ring (bicyclic) bond motifs is 1. The van der Waals surface area contributed by atoms with Crippen LogP contribution in [-0.2, 0) is 0 Å². The smallest absolute Gasteiger partial charge is 0.155 e. The normalized spacial score (nSPS) is 10.9. The van der Waals surface area contributed by atoms with E-state index in [2.05, 4.69) is 22.4 Å². The Morgan fingerprint density at radius 2 is 2.10 bits per heavy atom. The van der Waals surface area contributed by atoms with Gasteiger partial charge < -0.3 is 9.73 Å². The van der Waals surface area contributed by atoms with Crippen molar-refractivity contribution in [2.75, 3.05) is 11.9 Å². The predicted molar refractivity (Wildman–Crippen MR) is 81.0 cm³/mol. The first-order valence-corrected chi connectivity index (χ1v) is 6.92. The summed E-state index contributed by atoms with van der Waals surface area (Å²) in [6, 6.07) is 11.4. The molecule has 0 aliphatic carbocycles. The van der Waals surface area contributed by atoms with Crippen LogP contribution in [0.2, 0.25) is 5.02 Å². The number of anilines is 1. The van der Waals surface area contributed by atoms with Crippen molar-refractivity contribution >= 4 is 28.4 Å². The van der Waals surface area contributed by atoms with Crippen LogP contribution in [0.15, 0.2) is 40.8 Å². The monoisotopic (exact) mass is 287 g/mol. The van der Waals surface area contributed by atoms with Crippen molar-refractivity contribution in [3.8, 4) is 11.5 Å². The van der Waals surface area contributed by atoms with E-state index < -0.39 is 0 Å². The van der Waals surface area contributed by atoms with E-state index in [0.29, 0.717) is 22.1 Å². The number of nitrogens with zero attached hydrogens (tertiary/aromatic N) is 2. The maximum Gasteiger partial charge on any atom is 0.155 e. The molecule has 1 aromatic carbocycles. The van der Waals surface area contributed by atoms with Crippen LogP contribution >= 0.6 is 11.6 Å². The van der Waals surface area contributed by atoms with Gasteiger partial charge in [0.25, 0.3) is 0 Å². The molecule has 20 heavy (non-hydrogen) atoms. The van der Waals surface area contributed by atoms with Crippen LogP contribution in [0.4, 0.5) is 5.82 Å². The van der Waals surface area contributed by atoms with E-state index in [-0.39, 0.29) is 0 Å². The minimum absolute atomic E-state index is 0.600. The average molecular weight is 288 g/mol. The summed E-state index contributed by atoms with van der Waals surface area (Å²) in [5, 5.41) is 13.1. The fraction of sp³-hybridized carbons (Fsp3) is 0.200. The van der Waals surface area contributed by atoms with E-state index >= 15 is 0 Å². The number of nitrogens with one attached hydrogen (secondary N) is 1. The third kappa shape index (κ3) is 2.47. The van der Waals surface area contributed by atoms with Crippen molar-refractivity contribution in [1.82, 2.24) is 10.2 Å². The summed E-state index contributed by atoms with van der Waals surface area (Å²) < 4.78 is 5.75. The second kappa shape index (κ2) is 5.51. The fourth-order valence-corrected chi connectivity index (χ4v) is 2.19. The van der Waals surface area contributed by atoms with Crippen molar-refractivity contribution in [3.05, 3.63) is 41.4 Å². The van der Waals surface area contributed by atoms with Crippen LogP contribution < -0.4 is 5.32 Å². The molecule has 2 aromatic heterocycles. The molecule has 102 valence electrons. The zero-order valence-electron chi connectivity index (χ0n) is 11.1. The molecule has 3 aromatic rings. The number of rotatable bonds is 4. The van der Waals surface area contributed by atoms with Crippen LogP contribution in [0.25, 0.3) is 22.4 Å². The molecule has 0 spiro atoms. The number of halogens is 1. The summed E-state index contributed by atoms with van der Waals surface area (Å²) in [4.78, 5) is 0. The highest BCUT2D eigenvalue weighted by Crippen LogP contribution is 2.31. The van der Waals surface area contributed by atoms with Crippen molar-refractivity contribution < 1.29 is 4.42 Å². The van der Waals surface area contributed by atoms with E-state index in [1.54, 1.807) is 6.07 Å². The molecule has 0 saturated carbocycles.